The first-order chi connectivity index (χ1) is 9.61. The van der Waals surface area contributed by atoms with Crippen molar-refractivity contribution in [3.8, 4) is 16.9 Å². The van der Waals surface area contributed by atoms with Crippen LogP contribution >= 0.6 is 11.6 Å². The van der Waals surface area contributed by atoms with Crippen LogP contribution in [0.5, 0.6) is 5.75 Å². The first-order valence-corrected chi connectivity index (χ1v) is 7.08. The van der Waals surface area contributed by atoms with Gasteiger partial charge < -0.3 is 15.0 Å². The van der Waals surface area contributed by atoms with Crippen LogP contribution in [0.25, 0.3) is 11.1 Å². The Balaban J connectivity index is 2.13. The molecule has 1 fully saturated rings. The van der Waals surface area contributed by atoms with Gasteiger partial charge in [-0.3, -0.25) is 0 Å². The Hall–Kier alpha value is -1.68. The molecule has 5 heteroatoms. The molecule has 0 radical (unpaired) electrons. The molecule has 1 atom stereocenters. The fourth-order valence-corrected chi connectivity index (χ4v) is 2.76. The van der Waals surface area contributed by atoms with E-state index in [4.69, 9.17) is 26.6 Å². The van der Waals surface area contributed by atoms with E-state index in [-0.39, 0.29) is 0 Å². The van der Waals surface area contributed by atoms with Crippen molar-refractivity contribution in [2.45, 2.75) is 25.7 Å². The second-order valence-electron chi connectivity index (χ2n) is 5.28. The van der Waals surface area contributed by atoms with Crippen LogP contribution in [-0.4, -0.2) is 12.3 Å². The van der Waals surface area contributed by atoms with Gasteiger partial charge in [0.1, 0.15) is 11.5 Å². The van der Waals surface area contributed by atoms with Crippen LogP contribution in [0.15, 0.2) is 22.7 Å². The van der Waals surface area contributed by atoms with Crippen LogP contribution in [0.2, 0.25) is 5.02 Å². The zero-order valence-corrected chi connectivity index (χ0v) is 12.3. The lowest BCUT2D eigenvalue weighted by atomic mass is 9.95. The molecule has 0 aliphatic heterocycles. The Morgan fingerprint density at radius 1 is 1.45 bits per heavy atom. The maximum Gasteiger partial charge on any atom is 0.175 e. The highest BCUT2D eigenvalue weighted by atomic mass is 35.5. The number of methoxy groups -OCH3 is 1. The predicted molar refractivity (Wildman–Crippen MR) is 79.1 cm³/mol. The second kappa shape index (κ2) is 5.02. The van der Waals surface area contributed by atoms with Gasteiger partial charge in [0, 0.05) is 16.5 Å². The van der Waals surface area contributed by atoms with Gasteiger partial charge in [0.25, 0.3) is 0 Å². The summed E-state index contributed by atoms with van der Waals surface area (Å²) >= 11 is 6.10. The molecule has 1 heterocycles. The first-order valence-electron chi connectivity index (χ1n) is 6.70. The third-order valence-electron chi connectivity index (χ3n) is 3.92. The molecule has 0 saturated heterocycles. The summed E-state index contributed by atoms with van der Waals surface area (Å²) in [6, 6.07) is 5.46. The SMILES string of the molecule is COc1ccc(Cl)cc1-c1c(N)noc1C(C)C1CC1. The summed E-state index contributed by atoms with van der Waals surface area (Å²) < 4.78 is 10.9. The van der Waals surface area contributed by atoms with Gasteiger partial charge >= 0.3 is 0 Å². The first kappa shape index (κ1) is 13.3. The Morgan fingerprint density at radius 2 is 2.20 bits per heavy atom. The van der Waals surface area contributed by atoms with Gasteiger partial charge in [-0.05, 0) is 37.0 Å². The molecule has 0 bridgehead atoms. The van der Waals surface area contributed by atoms with E-state index in [1.807, 2.05) is 12.1 Å². The highest BCUT2D eigenvalue weighted by molar-refractivity contribution is 6.31. The van der Waals surface area contributed by atoms with Crippen LogP contribution < -0.4 is 10.5 Å². The zero-order chi connectivity index (χ0) is 14.3. The third-order valence-corrected chi connectivity index (χ3v) is 4.15. The third kappa shape index (κ3) is 2.24. The molecule has 1 saturated carbocycles. The normalized spacial score (nSPS) is 16.1. The van der Waals surface area contributed by atoms with Crippen molar-refractivity contribution in [3.05, 3.63) is 29.0 Å². The number of aromatic nitrogens is 1. The average molecular weight is 293 g/mol. The van der Waals surface area contributed by atoms with E-state index in [1.165, 1.54) is 12.8 Å². The number of hydrogen-bond donors (Lipinski definition) is 1. The summed E-state index contributed by atoms with van der Waals surface area (Å²) in [4.78, 5) is 0. The summed E-state index contributed by atoms with van der Waals surface area (Å²) in [7, 11) is 1.63. The van der Waals surface area contributed by atoms with Crippen molar-refractivity contribution in [1.82, 2.24) is 5.16 Å². The molecule has 4 nitrogen and oxygen atoms in total. The quantitative estimate of drug-likeness (QED) is 0.921. The van der Waals surface area contributed by atoms with E-state index in [0.29, 0.717) is 28.4 Å². The molecule has 20 heavy (non-hydrogen) atoms. The summed E-state index contributed by atoms with van der Waals surface area (Å²) in [5.41, 5.74) is 7.65. The van der Waals surface area contributed by atoms with E-state index in [1.54, 1.807) is 13.2 Å². The van der Waals surface area contributed by atoms with Crippen LogP contribution in [-0.2, 0) is 0 Å². The lowest BCUT2D eigenvalue weighted by molar-refractivity contribution is 0.358. The molecule has 1 aromatic carbocycles. The molecular formula is C15H17ClN2O2. The summed E-state index contributed by atoms with van der Waals surface area (Å²) in [6.45, 7) is 2.15. The minimum absolute atomic E-state index is 0.304. The number of nitrogen functional groups attached to an aromatic ring is 1. The highest BCUT2D eigenvalue weighted by Crippen LogP contribution is 2.47. The molecule has 1 aromatic heterocycles. The number of anilines is 1. The number of nitrogens with zero attached hydrogens (tertiary/aromatic N) is 1. The van der Waals surface area contributed by atoms with Crippen molar-refractivity contribution >= 4 is 17.4 Å². The van der Waals surface area contributed by atoms with E-state index >= 15 is 0 Å². The van der Waals surface area contributed by atoms with E-state index in [2.05, 4.69) is 12.1 Å². The molecule has 2 aromatic rings. The average Bonchev–Trinajstić information content (AvgIpc) is 3.21. The number of nitrogens with two attached hydrogens (primary N) is 1. The van der Waals surface area contributed by atoms with Crippen molar-refractivity contribution in [3.63, 3.8) is 0 Å². The summed E-state index contributed by atoms with van der Waals surface area (Å²) in [5.74, 6) is 2.89. The molecular weight excluding hydrogens is 276 g/mol. The number of rotatable bonds is 4. The van der Waals surface area contributed by atoms with Gasteiger partial charge in [0.2, 0.25) is 0 Å². The monoisotopic (exact) mass is 292 g/mol. The van der Waals surface area contributed by atoms with Gasteiger partial charge in [0.05, 0.1) is 12.7 Å². The smallest absolute Gasteiger partial charge is 0.175 e. The molecule has 2 N–H and O–H groups in total. The number of hydrogen-bond acceptors (Lipinski definition) is 4. The Labute approximate surface area is 122 Å². The van der Waals surface area contributed by atoms with Crippen LogP contribution in [0.3, 0.4) is 0 Å². The van der Waals surface area contributed by atoms with E-state index in [9.17, 15) is 0 Å². The number of halogens is 1. The van der Waals surface area contributed by atoms with Gasteiger partial charge in [-0.25, -0.2) is 0 Å². The van der Waals surface area contributed by atoms with E-state index in [0.717, 1.165) is 16.9 Å². The molecule has 106 valence electrons. The fourth-order valence-electron chi connectivity index (χ4n) is 2.58. The Bertz CT molecular complexity index is 635. The topological polar surface area (TPSA) is 61.3 Å². The second-order valence-corrected chi connectivity index (χ2v) is 5.71. The fraction of sp³-hybridized carbons (Fsp3) is 0.400. The van der Waals surface area contributed by atoms with Crippen molar-refractivity contribution in [2.24, 2.45) is 5.92 Å². The maximum atomic E-state index is 6.10. The molecule has 1 aliphatic rings. The van der Waals surface area contributed by atoms with Crippen molar-refractivity contribution < 1.29 is 9.26 Å². The number of ether oxygens (including phenoxy) is 1. The Kier molecular flexibility index (Phi) is 3.34. The molecule has 1 unspecified atom stereocenters. The van der Waals surface area contributed by atoms with Gasteiger partial charge in [-0.15, -0.1) is 0 Å². The minimum atomic E-state index is 0.304. The predicted octanol–water partition coefficient (Wildman–Crippen LogP) is 4.10. The zero-order valence-electron chi connectivity index (χ0n) is 11.5. The number of benzene rings is 1. The minimum Gasteiger partial charge on any atom is -0.496 e. The van der Waals surface area contributed by atoms with E-state index < -0.39 is 0 Å². The lowest BCUT2D eigenvalue weighted by Gasteiger charge is -2.12. The van der Waals surface area contributed by atoms with Gasteiger partial charge in [0.15, 0.2) is 5.82 Å². The maximum absolute atomic E-state index is 6.10. The molecule has 0 spiro atoms. The van der Waals surface area contributed by atoms with Crippen LogP contribution in [0, 0.1) is 5.92 Å². The van der Waals surface area contributed by atoms with Crippen molar-refractivity contribution in [1.29, 1.82) is 0 Å². The summed E-state index contributed by atoms with van der Waals surface area (Å²) in [5, 5.41) is 4.56. The standard InChI is InChI=1S/C15H17ClN2O2/c1-8(9-3-4-9)14-13(15(17)18-20-14)11-7-10(16)5-6-12(11)19-2/h5-9H,3-4H2,1-2H3,(H2,17,18). The lowest BCUT2D eigenvalue weighted by Crippen LogP contribution is -1.99. The van der Waals surface area contributed by atoms with Gasteiger partial charge in [-0.2, -0.15) is 0 Å². The largest absolute Gasteiger partial charge is 0.496 e. The van der Waals surface area contributed by atoms with Gasteiger partial charge in [-0.1, -0.05) is 23.7 Å². The summed E-state index contributed by atoms with van der Waals surface area (Å²) in [6.07, 6.45) is 2.46. The van der Waals surface area contributed by atoms with Crippen molar-refractivity contribution in [2.75, 3.05) is 12.8 Å². The molecule has 0 amide bonds. The van der Waals surface area contributed by atoms with Crippen LogP contribution in [0.1, 0.15) is 31.4 Å². The highest BCUT2D eigenvalue weighted by Gasteiger charge is 2.34. The Morgan fingerprint density at radius 3 is 2.85 bits per heavy atom. The van der Waals surface area contributed by atoms with Crippen LogP contribution in [0.4, 0.5) is 5.82 Å². The molecule has 1 aliphatic carbocycles. The molecule has 3 rings (SSSR count).